The highest BCUT2D eigenvalue weighted by atomic mass is 127. The van der Waals surface area contributed by atoms with Crippen molar-refractivity contribution in [1.82, 2.24) is 5.32 Å². The average molecular weight is 600 g/mol. The molecule has 0 spiro atoms. The zero-order valence-corrected chi connectivity index (χ0v) is 22.7. The summed E-state index contributed by atoms with van der Waals surface area (Å²) in [6.07, 6.45) is 3.97. The van der Waals surface area contributed by atoms with Gasteiger partial charge in [0.15, 0.2) is 0 Å². The van der Waals surface area contributed by atoms with Gasteiger partial charge in [0, 0.05) is 30.3 Å². The first-order chi connectivity index (χ1) is 17.0. The summed E-state index contributed by atoms with van der Waals surface area (Å²) in [5.41, 5.74) is 2.62. The molecule has 0 bridgehead atoms. The topological polar surface area (TPSA) is 97.3 Å². The zero-order valence-electron chi connectivity index (χ0n) is 20.5. The third-order valence-electron chi connectivity index (χ3n) is 5.36. The monoisotopic (exact) mass is 599 g/mol. The van der Waals surface area contributed by atoms with Gasteiger partial charge in [-0.25, -0.2) is 0 Å². The second-order valence-electron chi connectivity index (χ2n) is 8.36. The fourth-order valence-electron chi connectivity index (χ4n) is 3.58. The summed E-state index contributed by atoms with van der Waals surface area (Å²) in [4.78, 5) is 11.2. The number of ether oxygens (including phenoxy) is 3. The number of benzene rings is 2. The minimum absolute atomic E-state index is 0.0569. The van der Waals surface area contributed by atoms with Gasteiger partial charge < -0.3 is 29.7 Å². The maximum Gasteiger partial charge on any atom is 0.308 e. The van der Waals surface area contributed by atoms with Crippen LogP contribution in [-0.2, 0) is 27.3 Å². The third-order valence-corrected chi connectivity index (χ3v) is 6.03. The number of carbonyl (C=O) groups excluding carboxylic acids is 1. The molecule has 0 aliphatic heterocycles. The highest BCUT2D eigenvalue weighted by Crippen LogP contribution is 2.24. The molecule has 0 radical (unpaired) electrons. The highest BCUT2D eigenvalue weighted by Gasteiger charge is 2.12. The Morgan fingerprint density at radius 1 is 1.03 bits per heavy atom. The number of hydrogen-bond acceptors (Lipinski definition) is 7. The summed E-state index contributed by atoms with van der Waals surface area (Å²) in [6.45, 7) is 5.14. The van der Waals surface area contributed by atoms with Crippen LogP contribution < -0.4 is 10.1 Å². The van der Waals surface area contributed by atoms with Crippen LogP contribution in [-0.4, -0.2) is 55.7 Å². The lowest BCUT2D eigenvalue weighted by Crippen LogP contribution is -2.22. The first-order valence-electron chi connectivity index (χ1n) is 12.2. The highest BCUT2D eigenvalue weighted by molar-refractivity contribution is 14.1. The smallest absolute Gasteiger partial charge is 0.308 e. The van der Waals surface area contributed by atoms with Gasteiger partial charge in [0.05, 0.1) is 25.9 Å². The Balaban J connectivity index is 1.48. The first-order valence-corrected chi connectivity index (χ1v) is 13.3. The van der Waals surface area contributed by atoms with Crippen molar-refractivity contribution < 1.29 is 29.2 Å². The minimum atomic E-state index is -0.667. The molecule has 2 aromatic rings. The van der Waals surface area contributed by atoms with Gasteiger partial charge in [-0.1, -0.05) is 31.0 Å². The summed E-state index contributed by atoms with van der Waals surface area (Å²) in [5.74, 6) is 0.0161. The van der Waals surface area contributed by atoms with Crippen molar-refractivity contribution in [3.63, 3.8) is 0 Å². The summed E-state index contributed by atoms with van der Waals surface area (Å²) in [7, 11) is 0. The van der Waals surface area contributed by atoms with E-state index in [1.165, 1.54) is 16.1 Å². The molecule has 194 valence electrons. The molecular weight excluding hydrogens is 561 g/mol. The number of aliphatic hydroxyl groups excluding tert-OH is 2. The van der Waals surface area contributed by atoms with E-state index in [9.17, 15) is 15.0 Å². The molecule has 0 aliphatic rings. The Bertz CT molecular complexity index is 879. The fraction of sp³-hybridized carbons (Fsp3) is 0.519. The lowest BCUT2D eigenvalue weighted by atomic mass is 10.0. The van der Waals surface area contributed by atoms with E-state index in [-0.39, 0.29) is 6.61 Å². The number of aliphatic hydroxyl groups is 2. The van der Waals surface area contributed by atoms with E-state index < -0.39 is 12.1 Å². The zero-order chi connectivity index (χ0) is 25.3. The van der Waals surface area contributed by atoms with Gasteiger partial charge in [-0.2, -0.15) is 0 Å². The van der Waals surface area contributed by atoms with E-state index in [4.69, 9.17) is 14.2 Å². The summed E-state index contributed by atoms with van der Waals surface area (Å²) >= 11 is 2.30. The van der Waals surface area contributed by atoms with Crippen LogP contribution >= 0.6 is 22.6 Å². The lowest BCUT2D eigenvalue weighted by molar-refractivity contribution is -0.131. The number of nitrogens with one attached hydrogen (secondary N) is 1. The molecule has 0 amide bonds. The van der Waals surface area contributed by atoms with Crippen LogP contribution in [0.5, 0.6) is 5.75 Å². The molecule has 7 nitrogen and oxygen atoms in total. The van der Waals surface area contributed by atoms with E-state index >= 15 is 0 Å². The molecule has 0 fully saturated rings. The molecule has 0 unspecified atom stereocenters. The van der Waals surface area contributed by atoms with Crippen LogP contribution in [0.2, 0.25) is 0 Å². The van der Waals surface area contributed by atoms with E-state index in [0.29, 0.717) is 44.1 Å². The largest absolute Gasteiger partial charge is 0.426 e. The predicted molar refractivity (Wildman–Crippen MR) is 144 cm³/mol. The Labute approximate surface area is 222 Å². The average Bonchev–Trinajstić information content (AvgIpc) is 2.83. The third kappa shape index (κ3) is 12.8. The van der Waals surface area contributed by atoms with Crippen molar-refractivity contribution in [1.29, 1.82) is 0 Å². The molecule has 0 saturated heterocycles. The standard InChI is InChI=1S/C27H38INO6/c1-21(31)35-27-10-9-23(18-24(27)11-13-30)26(32)19-29-12-4-2-3-5-14-33-15-16-34-20-22-7-6-8-25(28)17-22/h6-10,17-18,26,29-30,32H,2-5,11-16,19-20H2,1H3/t26-/m0/s1. The van der Waals surface area contributed by atoms with Crippen LogP contribution in [0.25, 0.3) is 0 Å². The molecule has 8 heteroatoms. The van der Waals surface area contributed by atoms with Crippen molar-refractivity contribution in [3.8, 4) is 5.75 Å². The maximum absolute atomic E-state index is 11.2. The molecular formula is C27H38INO6. The molecule has 3 N–H and O–H groups in total. The molecule has 2 aromatic carbocycles. The van der Waals surface area contributed by atoms with Crippen molar-refractivity contribution >= 4 is 28.6 Å². The SMILES string of the molecule is CC(=O)Oc1ccc([C@@H](O)CNCCCCCCOCCOCc2cccc(I)c2)cc1CCO. The molecule has 35 heavy (non-hydrogen) atoms. The van der Waals surface area contributed by atoms with Crippen molar-refractivity contribution in [2.24, 2.45) is 0 Å². The van der Waals surface area contributed by atoms with Crippen molar-refractivity contribution in [3.05, 3.63) is 62.7 Å². The predicted octanol–water partition coefficient (Wildman–Crippen LogP) is 4.17. The van der Waals surface area contributed by atoms with Crippen LogP contribution in [0.3, 0.4) is 0 Å². The normalized spacial score (nSPS) is 12.0. The van der Waals surface area contributed by atoms with Gasteiger partial charge in [-0.3, -0.25) is 4.79 Å². The van der Waals surface area contributed by atoms with Crippen molar-refractivity contribution in [2.45, 2.75) is 51.7 Å². The van der Waals surface area contributed by atoms with E-state index in [0.717, 1.165) is 44.4 Å². The number of halogens is 1. The molecule has 2 rings (SSSR count). The number of hydrogen-bond donors (Lipinski definition) is 3. The number of esters is 1. The van der Waals surface area contributed by atoms with E-state index in [2.05, 4.69) is 46.1 Å². The van der Waals surface area contributed by atoms with E-state index in [1.807, 2.05) is 6.07 Å². The number of unbranched alkanes of at least 4 members (excludes halogenated alkanes) is 3. The van der Waals surface area contributed by atoms with Crippen LogP contribution in [0, 0.1) is 3.57 Å². The first kappa shape index (κ1) is 29.7. The molecule has 1 atom stereocenters. The quantitative estimate of drug-likeness (QED) is 0.103. The van der Waals surface area contributed by atoms with Gasteiger partial charge in [0.2, 0.25) is 0 Å². The molecule has 0 saturated carbocycles. The Kier molecular flexibility index (Phi) is 15.1. The second kappa shape index (κ2) is 17.8. The van der Waals surface area contributed by atoms with Gasteiger partial charge >= 0.3 is 5.97 Å². The summed E-state index contributed by atoms with van der Waals surface area (Å²) < 4.78 is 17.7. The van der Waals surface area contributed by atoms with Crippen LogP contribution in [0.4, 0.5) is 0 Å². The Morgan fingerprint density at radius 2 is 1.83 bits per heavy atom. The minimum Gasteiger partial charge on any atom is -0.426 e. The van der Waals surface area contributed by atoms with Crippen LogP contribution in [0.15, 0.2) is 42.5 Å². The van der Waals surface area contributed by atoms with Crippen LogP contribution in [0.1, 0.15) is 55.4 Å². The Hall–Kier alpha value is -1.56. The van der Waals surface area contributed by atoms with Gasteiger partial charge in [-0.15, -0.1) is 0 Å². The fourth-order valence-corrected chi connectivity index (χ4v) is 4.19. The number of carbonyl (C=O) groups is 1. The molecule has 0 aromatic heterocycles. The van der Waals surface area contributed by atoms with Gasteiger partial charge in [0.25, 0.3) is 0 Å². The second-order valence-corrected chi connectivity index (χ2v) is 9.61. The molecule has 0 heterocycles. The Morgan fingerprint density at radius 3 is 2.60 bits per heavy atom. The lowest BCUT2D eigenvalue weighted by Gasteiger charge is -2.15. The van der Waals surface area contributed by atoms with Crippen molar-refractivity contribution in [2.75, 3.05) is 39.5 Å². The summed E-state index contributed by atoms with van der Waals surface area (Å²) in [5, 5.41) is 23.0. The summed E-state index contributed by atoms with van der Waals surface area (Å²) in [6, 6.07) is 13.5. The maximum atomic E-state index is 11.2. The number of rotatable bonds is 18. The molecule has 0 aliphatic carbocycles. The van der Waals surface area contributed by atoms with Gasteiger partial charge in [-0.05, 0) is 89.4 Å². The van der Waals surface area contributed by atoms with Gasteiger partial charge in [0.1, 0.15) is 5.75 Å². The van der Waals surface area contributed by atoms with E-state index in [1.54, 1.807) is 18.2 Å².